The number of fused-ring (bicyclic) bond motifs is 1. The number of pyridine rings is 1. The van der Waals surface area contributed by atoms with Gasteiger partial charge >= 0.3 is 0 Å². The third-order valence-electron chi connectivity index (χ3n) is 3.17. The van der Waals surface area contributed by atoms with Crippen LogP contribution in [0.4, 0.5) is 5.69 Å². The van der Waals surface area contributed by atoms with Gasteiger partial charge in [0, 0.05) is 22.1 Å². The molecule has 1 N–H and O–H groups in total. The summed E-state index contributed by atoms with van der Waals surface area (Å²) in [7, 11) is 0. The van der Waals surface area contributed by atoms with Crippen molar-refractivity contribution in [2.75, 3.05) is 5.32 Å². The first-order chi connectivity index (χ1) is 8.74. The van der Waals surface area contributed by atoms with Gasteiger partial charge in [0.05, 0.1) is 11.2 Å². The third-order valence-corrected chi connectivity index (χ3v) is 3.60. The predicted molar refractivity (Wildman–Crippen MR) is 82.1 cm³/mol. The molecule has 0 saturated carbocycles. The molecule has 3 heteroatoms. The maximum Gasteiger partial charge on any atom is 0.0934 e. The first-order valence-electron chi connectivity index (χ1n) is 6.55. The number of hydrogen-bond donors (Lipinski definition) is 1. The van der Waals surface area contributed by atoms with Crippen LogP contribution in [0.1, 0.15) is 33.1 Å². The molecule has 1 heterocycles. The third kappa shape index (κ3) is 3.02. The van der Waals surface area contributed by atoms with Crippen LogP contribution in [-0.2, 0) is 0 Å². The highest BCUT2D eigenvalue weighted by molar-refractivity contribution is 9.10. The molecule has 2 aromatic rings. The highest BCUT2D eigenvalue weighted by Crippen LogP contribution is 2.25. The molecule has 1 unspecified atom stereocenters. The minimum atomic E-state index is 0.533. The molecule has 18 heavy (non-hydrogen) atoms. The molecule has 1 aromatic carbocycles. The molecular weight excluding hydrogens is 288 g/mol. The van der Waals surface area contributed by atoms with Crippen LogP contribution in [0, 0.1) is 0 Å². The minimum Gasteiger partial charge on any atom is -0.381 e. The van der Waals surface area contributed by atoms with E-state index in [4.69, 9.17) is 0 Å². The molecular formula is C15H19BrN2. The number of rotatable bonds is 5. The number of aromatic nitrogens is 1. The van der Waals surface area contributed by atoms with Crippen molar-refractivity contribution in [3.8, 4) is 0 Å². The van der Waals surface area contributed by atoms with Crippen LogP contribution in [0.5, 0.6) is 0 Å². The number of nitrogens with one attached hydrogen (secondary N) is 1. The molecule has 0 aliphatic heterocycles. The number of benzene rings is 1. The molecule has 0 aliphatic carbocycles. The molecule has 0 saturated heterocycles. The fourth-order valence-electron chi connectivity index (χ4n) is 2.20. The summed E-state index contributed by atoms with van der Waals surface area (Å²) in [5.74, 6) is 0. The number of hydrogen-bond acceptors (Lipinski definition) is 2. The fourth-order valence-corrected chi connectivity index (χ4v) is 2.55. The monoisotopic (exact) mass is 306 g/mol. The van der Waals surface area contributed by atoms with Gasteiger partial charge in [-0.1, -0.05) is 32.4 Å². The van der Waals surface area contributed by atoms with Crippen molar-refractivity contribution in [2.24, 2.45) is 0 Å². The zero-order chi connectivity index (χ0) is 13.0. The predicted octanol–water partition coefficient (Wildman–Crippen LogP) is 4.99. The second-order valence-corrected chi connectivity index (χ2v) is 5.48. The zero-order valence-corrected chi connectivity index (χ0v) is 12.5. The van der Waals surface area contributed by atoms with E-state index in [2.05, 4.69) is 64.3 Å². The van der Waals surface area contributed by atoms with Crippen LogP contribution in [0.2, 0.25) is 0 Å². The lowest BCUT2D eigenvalue weighted by Gasteiger charge is -2.18. The molecule has 2 rings (SSSR count). The Morgan fingerprint density at radius 2 is 2.17 bits per heavy atom. The van der Waals surface area contributed by atoms with Crippen LogP contribution in [0.15, 0.2) is 34.9 Å². The lowest BCUT2D eigenvalue weighted by atomic mass is 10.1. The van der Waals surface area contributed by atoms with E-state index in [-0.39, 0.29) is 0 Å². The van der Waals surface area contributed by atoms with Gasteiger partial charge in [0.2, 0.25) is 0 Å². The molecule has 0 bridgehead atoms. The molecule has 1 atom stereocenters. The van der Waals surface area contributed by atoms with Crippen molar-refractivity contribution in [1.82, 2.24) is 4.98 Å². The van der Waals surface area contributed by atoms with E-state index in [0.717, 1.165) is 22.1 Å². The molecule has 0 fully saturated rings. The summed E-state index contributed by atoms with van der Waals surface area (Å²) >= 11 is 3.46. The number of anilines is 1. The van der Waals surface area contributed by atoms with Gasteiger partial charge in [0.25, 0.3) is 0 Å². The zero-order valence-electron chi connectivity index (χ0n) is 10.9. The molecule has 0 amide bonds. The van der Waals surface area contributed by atoms with Gasteiger partial charge in [-0.05, 0) is 40.9 Å². The maximum absolute atomic E-state index is 4.52. The Hall–Kier alpha value is -1.09. The standard InChI is InChI=1S/C15H19BrN2/c1-3-6-13(4-2)18-14-8-5-7-11-9-12(16)10-17-15(11)14/h5,7-10,13,18H,3-4,6H2,1-2H3. The second-order valence-electron chi connectivity index (χ2n) is 4.57. The lowest BCUT2D eigenvalue weighted by molar-refractivity contribution is 0.623. The van der Waals surface area contributed by atoms with Crippen LogP contribution < -0.4 is 5.32 Å². The van der Waals surface area contributed by atoms with E-state index in [1.807, 2.05) is 6.20 Å². The number of nitrogens with zero attached hydrogens (tertiary/aromatic N) is 1. The summed E-state index contributed by atoms with van der Waals surface area (Å²) in [4.78, 5) is 4.52. The van der Waals surface area contributed by atoms with Crippen LogP contribution in [-0.4, -0.2) is 11.0 Å². The summed E-state index contributed by atoms with van der Waals surface area (Å²) in [6.45, 7) is 4.45. The van der Waals surface area contributed by atoms with Crippen LogP contribution in [0.3, 0.4) is 0 Å². The Morgan fingerprint density at radius 3 is 2.89 bits per heavy atom. The maximum atomic E-state index is 4.52. The van der Waals surface area contributed by atoms with E-state index < -0.39 is 0 Å². The van der Waals surface area contributed by atoms with E-state index >= 15 is 0 Å². The second kappa shape index (κ2) is 6.19. The summed E-state index contributed by atoms with van der Waals surface area (Å²) in [5.41, 5.74) is 2.19. The average Bonchev–Trinajstić information content (AvgIpc) is 2.38. The van der Waals surface area contributed by atoms with E-state index in [1.54, 1.807) is 0 Å². The Kier molecular flexibility index (Phi) is 4.59. The lowest BCUT2D eigenvalue weighted by Crippen LogP contribution is -2.18. The largest absolute Gasteiger partial charge is 0.381 e. The summed E-state index contributed by atoms with van der Waals surface area (Å²) in [5, 5.41) is 4.78. The first kappa shape index (κ1) is 13.3. The highest BCUT2D eigenvalue weighted by atomic mass is 79.9. The normalized spacial score (nSPS) is 12.6. The fraction of sp³-hybridized carbons (Fsp3) is 0.400. The molecule has 0 spiro atoms. The van der Waals surface area contributed by atoms with E-state index in [0.29, 0.717) is 6.04 Å². The number of para-hydroxylation sites is 1. The van der Waals surface area contributed by atoms with Gasteiger partial charge in [0.15, 0.2) is 0 Å². The van der Waals surface area contributed by atoms with E-state index in [9.17, 15) is 0 Å². The highest BCUT2D eigenvalue weighted by Gasteiger charge is 2.08. The summed E-state index contributed by atoms with van der Waals surface area (Å²) < 4.78 is 1.02. The Morgan fingerprint density at radius 1 is 1.33 bits per heavy atom. The van der Waals surface area contributed by atoms with Crippen molar-refractivity contribution in [2.45, 2.75) is 39.2 Å². The van der Waals surface area contributed by atoms with Gasteiger partial charge in [0.1, 0.15) is 0 Å². The van der Waals surface area contributed by atoms with Crippen LogP contribution >= 0.6 is 15.9 Å². The van der Waals surface area contributed by atoms with Gasteiger partial charge in [-0.2, -0.15) is 0 Å². The molecule has 1 aromatic heterocycles. The summed E-state index contributed by atoms with van der Waals surface area (Å²) in [6.07, 6.45) is 5.40. The van der Waals surface area contributed by atoms with Crippen molar-refractivity contribution in [3.63, 3.8) is 0 Å². The van der Waals surface area contributed by atoms with Crippen molar-refractivity contribution < 1.29 is 0 Å². The summed E-state index contributed by atoms with van der Waals surface area (Å²) in [6, 6.07) is 8.93. The molecule has 96 valence electrons. The quantitative estimate of drug-likeness (QED) is 0.842. The topological polar surface area (TPSA) is 24.9 Å². The Labute approximate surface area is 117 Å². The van der Waals surface area contributed by atoms with Gasteiger partial charge in [-0.25, -0.2) is 0 Å². The molecule has 0 aliphatic rings. The molecule has 2 nitrogen and oxygen atoms in total. The molecule has 0 radical (unpaired) electrons. The first-order valence-corrected chi connectivity index (χ1v) is 7.34. The van der Waals surface area contributed by atoms with Gasteiger partial charge in [-0.3, -0.25) is 4.98 Å². The smallest absolute Gasteiger partial charge is 0.0934 e. The van der Waals surface area contributed by atoms with Crippen molar-refractivity contribution in [1.29, 1.82) is 0 Å². The van der Waals surface area contributed by atoms with Crippen molar-refractivity contribution >= 4 is 32.5 Å². The number of halogens is 1. The average molecular weight is 307 g/mol. The van der Waals surface area contributed by atoms with Gasteiger partial charge < -0.3 is 5.32 Å². The minimum absolute atomic E-state index is 0.533. The van der Waals surface area contributed by atoms with E-state index in [1.165, 1.54) is 18.2 Å². The Balaban J connectivity index is 2.32. The van der Waals surface area contributed by atoms with Crippen molar-refractivity contribution in [3.05, 3.63) is 34.9 Å². The Bertz CT molecular complexity index is 525. The SMILES string of the molecule is CCCC(CC)Nc1cccc2cc(Br)cnc12. The van der Waals surface area contributed by atoms with Crippen LogP contribution in [0.25, 0.3) is 10.9 Å². The van der Waals surface area contributed by atoms with Gasteiger partial charge in [-0.15, -0.1) is 0 Å².